The van der Waals surface area contributed by atoms with Gasteiger partial charge in [-0.1, -0.05) is 12.1 Å². The Labute approximate surface area is 170 Å². The number of sulfone groups is 1. The number of aromatic nitrogens is 1. The fourth-order valence-electron chi connectivity index (χ4n) is 2.87. The third-order valence-corrected chi connectivity index (χ3v) is 7.15. The zero-order valence-corrected chi connectivity index (χ0v) is 16.6. The van der Waals surface area contributed by atoms with E-state index in [9.17, 15) is 17.6 Å². The zero-order chi connectivity index (χ0) is 20.4. The van der Waals surface area contributed by atoms with Crippen molar-refractivity contribution in [3.05, 3.63) is 89.3 Å². The Morgan fingerprint density at radius 2 is 1.66 bits per heavy atom. The van der Waals surface area contributed by atoms with Crippen molar-refractivity contribution in [2.24, 2.45) is 0 Å². The van der Waals surface area contributed by atoms with Gasteiger partial charge in [0.25, 0.3) is 5.91 Å². The van der Waals surface area contributed by atoms with Gasteiger partial charge in [-0.2, -0.15) is 0 Å². The second kappa shape index (κ2) is 7.73. The minimum absolute atomic E-state index is 0.0266. The Balaban J connectivity index is 1.47. The van der Waals surface area contributed by atoms with E-state index < -0.39 is 15.7 Å². The molecule has 0 unspecified atom stereocenters. The smallest absolute Gasteiger partial charge is 0.253 e. The first-order valence-corrected chi connectivity index (χ1v) is 11.0. The molecule has 2 aromatic heterocycles. The number of thiophene rings is 1. The van der Waals surface area contributed by atoms with Gasteiger partial charge in [0.1, 0.15) is 5.82 Å². The first-order valence-electron chi connectivity index (χ1n) is 8.64. The van der Waals surface area contributed by atoms with Crippen molar-refractivity contribution >= 4 is 37.2 Å². The third kappa shape index (κ3) is 3.90. The highest BCUT2D eigenvalue weighted by molar-refractivity contribution is 7.91. The number of nitrogens with one attached hydrogen (secondary N) is 1. The van der Waals surface area contributed by atoms with E-state index >= 15 is 0 Å². The Bertz CT molecular complexity index is 1280. The molecular weight excluding hydrogens is 411 g/mol. The summed E-state index contributed by atoms with van der Waals surface area (Å²) in [5.74, 6) is -0.699. The zero-order valence-electron chi connectivity index (χ0n) is 15.0. The molecule has 5 nitrogen and oxygen atoms in total. The summed E-state index contributed by atoms with van der Waals surface area (Å²) in [4.78, 5) is 16.7. The SMILES string of the molecule is O=C(NCc1ccc(S(=O)(=O)c2ccc(F)cc2)cc1)c1csc2cnccc12. The van der Waals surface area contributed by atoms with Crippen molar-refractivity contribution in [3.63, 3.8) is 0 Å². The van der Waals surface area contributed by atoms with E-state index in [2.05, 4.69) is 10.3 Å². The van der Waals surface area contributed by atoms with Crippen molar-refractivity contribution in [1.82, 2.24) is 10.3 Å². The molecule has 0 bridgehead atoms. The van der Waals surface area contributed by atoms with E-state index in [1.807, 2.05) is 0 Å². The van der Waals surface area contributed by atoms with Crippen LogP contribution in [-0.4, -0.2) is 19.3 Å². The summed E-state index contributed by atoms with van der Waals surface area (Å²) >= 11 is 1.45. The number of rotatable bonds is 5. The summed E-state index contributed by atoms with van der Waals surface area (Å²) in [5, 5.41) is 5.49. The highest BCUT2D eigenvalue weighted by Crippen LogP contribution is 2.25. The molecular formula is C21H15FN2O3S2. The number of carbonyl (C=O) groups is 1. The maximum Gasteiger partial charge on any atom is 0.253 e. The van der Waals surface area contributed by atoms with Gasteiger partial charge in [-0.25, -0.2) is 12.8 Å². The Morgan fingerprint density at radius 3 is 2.34 bits per heavy atom. The van der Waals surface area contributed by atoms with Crippen LogP contribution in [0.3, 0.4) is 0 Å². The minimum atomic E-state index is -3.72. The van der Waals surface area contributed by atoms with E-state index in [4.69, 9.17) is 0 Å². The number of nitrogens with zero attached hydrogens (tertiary/aromatic N) is 1. The van der Waals surface area contributed by atoms with Crippen LogP contribution in [0.25, 0.3) is 10.1 Å². The second-order valence-corrected chi connectivity index (χ2v) is 9.17. The molecule has 0 spiro atoms. The molecule has 4 aromatic rings. The maximum absolute atomic E-state index is 13.0. The van der Waals surface area contributed by atoms with E-state index in [0.29, 0.717) is 5.56 Å². The van der Waals surface area contributed by atoms with Gasteiger partial charge in [-0.3, -0.25) is 9.78 Å². The van der Waals surface area contributed by atoms with Crippen LogP contribution in [0.15, 0.2) is 82.2 Å². The van der Waals surface area contributed by atoms with E-state index in [1.54, 1.807) is 36.0 Å². The number of halogens is 1. The average Bonchev–Trinajstić information content (AvgIpc) is 3.17. The molecule has 0 radical (unpaired) electrons. The van der Waals surface area contributed by atoms with E-state index in [1.165, 1.54) is 35.6 Å². The minimum Gasteiger partial charge on any atom is -0.348 e. The molecule has 0 saturated heterocycles. The monoisotopic (exact) mass is 426 g/mol. The molecule has 0 atom stereocenters. The summed E-state index contributed by atoms with van der Waals surface area (Å²) in [6.07, 6.45) is 3.36. The molecule has 4 rings (SSSR count). The lowest BCUT2D eigenvalue weighted by Gasteiger charge is -2.08. The second-order valence-electron chi connectivity index (χ2n) is 6.31. The van der Waals surface area contributed by atoms with Crippen molar-refractivity contribution in [3.8, 4) is 0 Å². The normalized spacial score (nSPS) is 11.5. The predicted octanol–water partition coefficient (Wildman–Crippen LogP) is 4.20. The molecule has 8 heteroatoms. The summed E-state index contributed by atoms with van der Waals surface area (Å²) in [6.45, 7) is 0.262. The van der Waals surface area contributed by atoms with Gasteiger partial charge in [-0.05, 0) is 48.0 Å². The molecule has 1 N–H and O–H groups in total. The van der Waals surface area contributed by atoms with Crippen LogP contribution in [-0.2, 0) is 16.4 Å². The topological polar surface area (TPSA) is 76.1 Å². The van der Waals surface area contributed by atoms with Crippen LogP contribution in [0.2, 0.25) is 0 Å². The molecule has 0 saturated carbocycles. The van der Waals surface area contributed by atoms with Crippen molar-refractivity contribution in [2.75, 3.05) is 0 Å². The number of hydrogen-bond acceptors (Lipinski definition) is 5. The van der Waals surface area contributed by atoms with Crippen molar-refractivity contribution in [2.45, 2.75) is 16.3 Å². The molecule has 2 aromatic carbocycles. The fraction of sp³-hybridized carbons (Fsp3) is 0.0476. The first-order chi connectivity index (χ1) is 13.9. The number of pyridine rings is 1. The highest BCUT2D eigenvalue weighted by atomic mass is 32.2. The van der Waals surface area contributed by atoms with Gasteiger partial charge in [0.15, 0.2) is 0 Å². The molecule has 2 heterocycles. The van der Waals surface area contributed by atoms with E-state index in [0.717, 1.165) is 27.8 Å². The lowest BCUT2D eigenvalue weighted by Crippen LogP contribution is -2.22. The lowest BCUT2D eigenvalue weighted by atomic mass is 10.2. The number of carbonyl (C=O) groups excluding carboxylic acids is 1. The summed E-state index contributed by atoms with van der Waals surface area (Å²) in [7, 11) is -3.72. The maximum atomic E-state index is 13.0. The van der Waals surface area contributed by atoms with Crippen LogP contribution >= 0.6 is 11.3 Å². The van der Waals surface area contributed by atoms with Gasteiger partial charge in [0.05, 0.1) is 20.1 Å². The summed E-state index contributed by atoms with van der Waals surface area (Å²) < 4.78 is 39.2. The fourth-order valence-corrected chi connectivity index (χ4v) is 5.04. The van der Waals surface area contributed by atoms with Gasteiger partial charge < -0.3 is 5.32 Å². The molecule has 1 amide bonds. The number of amides is 1. The Morgan fingerprint density at radius 1 is 1.00 bits per heavy atom. The quantitative estimate of drug-likeness (QED) is 0.486. The van der Waals surface area contributed by atoms with Gasteiger partial charge in [0.2, 0.25) is 9.84 Å². The van der Waals surface area contributed by atoms with Gasteiger partial charge in [-0.15, -0.1) is 11.3 Å². The molecule has 0 aliphatic rings. The summed E-state index contributed by atoms with van der Waals surface area (Å²) in [6, 6.07) is 12.7. The Hall–Kier alpha value is -3.10. The van der Waals surface area contributed by atoms with Crippen LogP contribution < -0.4 is 5.32 Å². The largest absolute Gasteiger partial charge is 0.348 e. The average molecular weight is 426 g/mol. The lowest BCUT2D eigenvalue weighted by molar-refractivity contribution is 0.0953. The van der Waals surface area contributed by atoms with Crippen LogP contribution in [0.1, 0.15) is 15.9 Å². The standard InChI is InChI=1S/C21H15FN2O3S2/c22-15-3-7-17(8-4-15)29(26,27)16-5-1-14(2-6-16)11-24-21(25)19-13-28-20-12-23-10-9-18(19)20/h1-10,12-13H,11H2,(H,24,25). The number of hydrogen-bond donors (Lipinski definition) is 1. The van der Waals surface area contributed by atoms with Gasteiger partial charge in [0, 0.05) is 29.7 Å². The molecule has 29 heavy (non-hydrogen) atoms. The molecule has 0 fully saturated rings. The van der Waals surface area contributed by atoms with Crippen LogP contribution in [0, 0.1) is 5.82 Å². The predicted molar refractivity (Wildman–Crippen MR) is 109 cm³/mol. The van der Waals surface area contributed by atoms with Gasteiger partial charge >= 0.3 is 0 Å². The van der Waals surface area contributed by atoms with Crippen molar-refractivity contribution in [1.29, 1.82) is 0 Å². The highest BCUT2D eigenvalue weighted by Gasteiger charge is 2.17. The number of fused-ring (bicyclic) bond motifs is 1. The van der Waals surface area contributed by atoms with E-state index in [-0.39, 0.29) is 22.2 Å². The summed E-state index contributed by atoms with van der Waals surface area (Å²) in [5.41, 5.74) is 1.35. The molecule has 0 aliphatic carbocycles. The van der Waals surface area contributed by atoms with Crippen LogP contribution in [0.5, 0.6) is 0 Å². The van der Waals surface area contributed by atoms with Crippen LogP contribution in [0.4, 0.5) is 4.39 Å². The third-order valence-electron chi connectivity index (χ3n) is 4.43. The number of benzene rings is 2. The molecule has 146 valence electrons. The first kappa shape index (κ1) is 19.2. The molecule has 0 aliphatic heterocycles. The Kier molecular flexibility index (Phi) is 5.12. The van der Waals surface area contributed by atoms with Crippen molar-refractivity contribution < 1.29 is 17.6 Å².